The van der Waals surface area contributed by atoms with Gasteiger partial charge in [0.05, 0.1) is 11.4 Å². The Kier molecular flexibility index (Phi) is 4.79. The molecule has 0 unspecified atom stereocenters. The summed E-state index contributed by atoms with van der Waals surface area (Å²) in [4.78, 5) is 23.2. The summed E-state index contributed by atoms with van der Waals surface area (Å²) < 4.78 is 0. The monoisotopic (exact) mass is 292 g/mol. The van der Waals surface area contributed by atoms with Crippen LogP contribution in [0, 0.1) is 5.92 Å². The van der Waals surface area contributed by atoms with Gasteiger partial charge in [-0.25, -0.2) is 0 Å². The van der Waals surface area contributed by atoms with Gasteiger partial charge in [-0.1, -0.05) is 23.8 Å². The Labute approximate surface area is 123 Å². The van der Waals surface area contributed by atoms with Gasteiger partial charge in [0.1, 0.15) is 0 Å². The van der Waals surface area contributed by atoms with Gasteiger partial charge in [0.15, 0.2) is 0 Å². The number of allylic oxidation sites excluding steroid dienone is 2. The lowest BCUT2D eigenvalue weighted by atomic mass is 10.0. The second-order valence-electron chi connectivity index (χ2n) is 4.89. The first kappa shape index (κ1) is 14.6. The number of nitrogens with one attached hydrogen (secondary N) is 2. The molecule has 0 saturated carbocycles. The maximum absolute atomic E-state index is 12.0. The molecule has 1 atom stereocenters. The summed E-state index contributed by atoms with van der Waals surface area (Å²) in [5.41, 5.74) is 1.08. The molecule has 5 heteroatoms. The fourth-order valence-corrected chi connectivity index (χ4v) is 2.40. The average molecular weight is 293 g/mol. The van der Waals surface area contributed by atoms with Crippen molar-refractivity contribution in [3.63, 3.8) is 0 Å². The zero-order valence-electron chi connectivity index (χ0n) is 11.3. The number of hydrogen-bond donors (Lipinski definition) is 2. The lowest BCUT2D eigenvalue weighted by Crippen LogP contribution is -2.17. The molecule has 0 fully saturated rings. The summed E-state index contributed by atoms with van der Waals surface area (Å²) in [7, 11) is 0. The van der Waals surface area contributed by atoms with Crippen LogP contribution in [-0.2, 0) is 9.59 Å². The van der Waals surface area contributed by atoms with Gasteiger partial charge in [-0.2, -0.15) is 0 Å². The van der Waals surface area contributed by atoms with E-state index in [1.807, 2.05) is 0 Å². The predicted molar refractivity (Wildman–Crippen MR) is 80.9 cm³/mol. The average Bonchev–Trinajstić information content (AvgIpc) is 2.84. The number of hydrogen-bond acceptors (Lipinski definition) is 2. The molecular weight excluding hydrogens is 276 g/mol. The van der Waals surface area contributed by atoms with Crippen LogP contribution in [0.5, 0.6) is 0 Å². The van der Waals surface area contributed by atoms with Gasteiger partial charge in [0.2, 0.25) is 11.8 Å². The van der Waals surface area contributed by atoms with Crippen LogP contribution in [0.4, 0.5) is 11.4 Å². The van der Waals surface area contributed by atoms with Crippen molar-refractivity contribution in [1.82, 2.24) is 0 Å². The summed E-state index contributed by atoms with van der Waals surface area (Å²) in [5, 5.41) is 5.99. The highest BCUT2D eigenvalue weighted by molar-refractivity contribution is 6.31. The molecule has 4 nitrogen and oxygen atoms in total. The number of benzene rings is 1. The van der Waals surface area contributed by atoms with E-state index in [9.17, 15) is 9.59 Å². The summed E-state index contributed by atoms with van der Waals surface area (Å²) in [6.45, 7) is 1.42. The second-order valence-corrected chi connectivity index (χ2v) is 5.33. The summed E-state index contributed by atoms with van der Waals surface area (Å²) >= 11 is 5.93. The van der Waals surface area contributed by atoms with E-state index < -0.39 is 0 Å². The molecule has 0 radical (unpaired) electrons. The molecule has 1 aromatic carbocycles. The Morgan fingerprint density at radius 2 is 2.10 bits per heavy atom. The highest BCUT2D eigenvalue weighted by Crippen LogP contribution is 2.27. The molecule has 0 aliphatic heterocycles. The number of rotatable bonds is 4. The predicted octanol–water partition coefficient (Wildman–Crippen LogP) is 3.59. The molecule has 2 rings (SSSR count). The molecule has 1 aliphatic rings. The van der Waals surface area contributed by atoms with Crippen molar-refractivity contribution in [2.45, 2.75) is 26.2 Å². The fourth-order valence-electron chi connectivity index (χ4n) is 2.22. The molecule has 0 aromatic heterocycles. The van der Waals surface area contributed by atoms with Crippen LogP contribution in [0.2, 0.25) is 5.02 Å². The van der Waals surface area contributed by atoms with Gasteiger partial charge in [-0.15, -0.1) is 0 Å². The number of carbonyl (C=O) groups is 2. The standard InChI is InChI=1S/C15H17ClN2O2/c1-10(19)17-13-7-6-12(16)9-14(13)18-15(20)8-11-4-2-3-5-11/h2,4,6-7,9,11H,3,5,8H2,1H3,(H,17,19)(H,18,20)/t11-/m1/s1. The van der Waals surface area contributed by atoms with Crippen molar-refractivity contribution < 1.29 is 9.59 Å². The lowest BCUT2D eigenvalue weighted by molar-refractivity contribution is -0.117. The first-order chi connectivity index (χ1) is 9.54. The first-order valence-corrected chi connectivity index (χ1v) is 6.96. The highest BCUT2D eigenvalue weighted by Gasteiger charge is 2.15. The normalized spacial score (nSPS) is 17.0. The molecule has 1 aliphatic carbocycles. The van der Waals surface area contributed by atoms with Crippen molar-refractivity contribution in [3.8, 4) is 0 Å². The van der Waals surface area contributed by atoms with Crippen molar-refractivity contribution in [2.75, 3.05) is 10.6 Å². The van der Waals surface area contributed by atoms with Crippen LogP contribution in [0.25, 0.3) is 0 Å². The van der Waals surface area contributed by atoms with E-state index >= 15 is 0 Å². The summed E-state index contributed by atoms with van der Waals surface area (Å²) in [6.07, 6.45) is 6.67. The third kappa shape index (κ3) is 4.10. The Balaban J connectivity index is 2.06. The minimum absolute atomic E-state index is 0.0737. The van der Waals surface area contributed by atoms with E-state index in [1.165, 1.54) is 6.92 Å². The van der Waals surface area contributed by atoms with Crippen LogP contribution in [0.3, 0.4) is 0 Å². The van der Waals surface area contributed by atoms with Crippen molar-refractivity contribution in [1.29, 1.82) is 0 Å². The van der Waals surface area contributed by atoms with E-state index in [0.29, 0.717) is 28.7 Å². The number of halogens is 1. The quantitative estimate of drug-likeness (QED) is 0.833. The molecule has 1 aromatic rings. The second kappa shape index (κ2) is 6.57. The van der Waals surface area contributed by atoms with Gasteiger partial charge < -0.3 is 10.6 Å². The van der Waals surface area contributed by atoms with Gasteiger partial charge in [-0.05, 0) is 37.0 Å². The lowest BCUT2D eigenvalue weighted by Gasteiger charge is -2.13. The third-order valence-electron chi connectivity index (χ3n) is 3.13. The zero-order valence-corrected chi connectivity index (χ0v) is 12.0. The number of anilines is 2. The zero-order chi connectivity index (χ0) is 14.5. The van der Waals surface area contributed by atoms with Gasteiger partial charge in [0.25, 0.3) is 0 Å². The summed E-state index contributed by atoms with van der Waals surface area (Å²) in [6, 6.07) is 4.98. The van der Waals surface area contributed by atoms with Gasteiger partial charge in [-0.3, -0.25) is 9.59 Å². The fraction of sp³-hybridized carbons (Fsp3) is 0.333. The van der Waals surface area contributed by atoms with Crippen molar-refractivity contribution in [3.05, 3.63) is 35.4 Å². The third-order valence-corrected chi connectivity index (χ3v) is 3.36. The van der Waals surface area contributed by atoms with Crippen molar-refractivity contribution in [2.24, 2.45) is 5.92 Å². The van der Waals surface area contributed by atoms with E-state index in [1.54, 1.807) is 18.2 Å². The van der Waals surface area contributed by atoms with Crippen molar-refractivity contribution >= 4 is 34.8 Å². The maximum Gasteiger partial charge on any atom is 0.225 e. The molecule has 2 amide bonds. The molecule has 106 valence electrons. The minimum atomic E-state index is -0.193. The van der Waals surface area contributed by atoms with Crippen LogP contribution >= 0.6 is 11.6 Å². The Bertz CT molecular complexity index is 555. The van der Waals surface area contributed by atoms with E-state index in [2.05, 4.69) is 22.8 Å². The molecular formula is C15H17ClN2O2. The van der Waals surface area contributed by atoms with E-state index in [-0.39, 0.29) is 11.8 Å². The highest BCUT2D eigenvalue weighted by atomic mass is 35.5. The first-order valence-electron chi connectivity index (χ1n) is 6.58. The smallest absolute Gasteiger partial charge is 0.225 e. The van der Waals surface area contributed by atoms with Gasteiger partial charge in [0, 0.05) is 18.4 Å². The SMILES string of the molecule is CC(=O)Nc1ccc(Cl)cc1NC(=O)C[C@@H]1C=CCC1. The van der Waals surface area contributed by atoms with E-state index in [0.717, 1.165) is 12.8 Å². The maximum atomic E-state index is 12.0. The molecule has 0 saturated heterocycles. The molecule has 0 heterocycles. The topological polar surface area (TPSA) is 58.2 Å². The van der Waals surface area contributed by atoms with Crippen LogP contribution in [0.15, 0.2) is 30.4 Å². The Hall–Kier alpha value is -1.81. The van der Waals surface area contributed by atoms with E-state index in [4.69, 9.17) is 11.6 Å². The summed E-state index contributed by atoms with van der Waals surface area (Å²) in [5.74, 6) is 0.0374. The molecule has 2 N–H and O–H groups in total. The van der Waals surface area contributed by atoms with Crippen LogP contribution in [0.1, 0.15) is 26.2 Å². The van der Waals surface area contributed by atoms with Crippen LogP contribution in [-0.4, -0.2) is 11.8 Å². The minimum Gasteiger partial charge on any atom is -0.325 e. The molecule has 20 heavy (non-hydrogen) atoms. The largest absolute Gasteiger partial charge is 0.325 e. The molecule has 0 spiro atoms. The van der Waals surface area contributed by atoms with Crippen LogP contribution < -0.4 is 10.6 Å². The number of carbonyl (C=O) groups excluding carboxylic acids is 2. The Morgan fingerprint density at radius 3 is 2.75 bits per heavy atom. The molecule has 0 bridgehead atoms. The number of amides is 2. The Morgan fingerprint density at radius 1 is 1.30 bits per heavy atom. The van der Waals surface area contributed by atoms with Gasteiger partial charge >= 0.3 is 0 Å².